The maximum absolute atomic E-state index is 12.1. The predicted octanol–water partition coefficient (Wildman–Crippen LogP) is 1.50. The van der Waals surface area contributed by atoms with Crippen LogP contribution in [0.3, 0.4) is 0 Å². The van der Waals surface area contributed by atoms with E-state index in [0.29, 0.717) is 25.4 Å². The normalized spacial score (nSPS) is 17.6. The number of fused-ring (bicyclic) bond motifs is 1. The van der Waals surface area contributed by atoms with Crippen molar-refractivity contribution in [2.75, 3.05) is 32.8 Å². The Morgan fingerprint density at radius 2 is 2.16 bits per heavy atom. The van der Waals surface area contributed by atoms with Gasteiger partial charge in [-0.15, -0.1) is 0 Å². The number of nitrogens with one attached hydrogen (secondary N) is 1. The second-order valence-electron chi connectivity index (χ2n) is 4.49. The van der Waals surface area contributed by atoms with Crippen molar-refractivity contribution in [2.24, 2.45) is 0 Å². The van der Waals surface area contributed by atoms with Crippen LogP contribution in [-0.2, 0) is 0 Å². The lowest BCUT2D eigenvalue weighted by Crippen LogP contribution is -2.47. The summed E-state index contributed by atoms with van der Waals surface area (Å²) in [5.41, 5.74) is 0.831. The molecule has 0 radical (unpaired) electrons. The van der Waals surface area contributed by atoms with Gasteiger partial charge in [-0.2, -0.15) is 0 Å². The Labute approximate surface area is 111 Å². The fourth-order valence-corrected chi connectivity index (χ4v) is 2.21. The van der Waals surface area contributed by atoms with E-state index in [1.54, 1.807) is 11.0 Å². The number of hydrogen-bond donors (Lipinski definition) is 1. The molecule has 0 bridgehead atoms. The third-order valence-electron chi connectivity index (χ3n) is 3.22. The first-order valence-electron chi connectivity index (χ1n) is 6.44. The number of ether oxygens (including phenoxy) is 2. The van der Waals surface area contributed by atoms with E-state index < -0.39 is 0 Å². The number of hydrogen-bond acceptors (Lipinski definition) is 4. The molecular formula is C14H16N2O3. The van der Waals surface area contributed by atoms with E-state index in [2.05, 4.69) is 5.32 Å². The topological polar surface area (TPSA) is 50.8 Å². The van der Waals surface area contributed by atoms with Crippen molar-refractivity contribution in [3.63, 3.8) is 0 Å². The minimum absolute atomic E-state index is 0.297. The molecule has 2 aliphatic rings. The molecule has 100 valence electrons. The van der Waals surface area contributed by atoms with Gasteiger partial charge in [-0.1, -0.05) is 6.07 Å². The van der Waals surface area contributed by atoms with Gasteiger partial charge in [0.05, 0.1) is 5.56 Å². The lowest BCUT2D eigenvalue weighted by Gasteiger charge is -2.27. The Balaban J connectivity index is 1.76. The van der Waals surface area contributed by atoms with Crippen LogP contribution < -0.4 is 14.8 Å². The monoisotopic (exact) mass is 260 g/mol. The van der Waals surface area contributed by atoms with Crippen molar-refractivity contribution in [3.05, 3.63) is 29.8 Å². The quantitative estimate of drug-likeness (QED) is 0.831. The molecule has 1 saturated heterocycles. The predicted molar refractivity (Wildman–Crippen MR) is 71.4 cm³/mol. The van der Waals surface area contributed by atoms with Crippen LogP contribution >= 0.6 is 0 Å². The first-order chi connectivity index (χ1) is 9.34. The summed E-state index contributed by atoms with van der Waals surface area (Å²) in [5.74, 6) is 1.31. The molecule has 5 nitrogen and oxygen atoms in total. The molecule has 19 heavy (non-hydrogen) atoms. The zero-order valence-electron chi connectivity index (χ0n) is 10.6. The minimum Gasteiger partial charge on any atom is -0.489 e. The Morgan fingerprint density at radius 3 is 3.00 bits per heavy atom. The molecule has 0 spiro atoms. The Morgan fingerprint density at radius 1 is 1.32 bits per heavy atom. The van der Waals surface area contributed by atoms with Gasteiger partial charge in [0.15, 0.2) is 0 Å². The van der Waals surface area contributed by atoms with Crippen LogP contribution in [0.2, 0.25) is 0 Å². The van der Waals surface area contributed by atoms with Crippen LogP contribution in [-0.4, -0.2) is 43.8 Å². The van der Waals surface area contributed by atoms with Crippen LogP contribution in [0.4, 0.5) is 4.79 Å². The maximum Gasteiger partial charge on any atom is 0.415 e. The molecule has 1 aromatic carbocycles. The van der Waals surface area contributed by atoms with Crippen LogP contribution in [0, 0.1) is 0 Å². The van der Waals surface area contributed by atoms with E-state index in [0.717, 1.165) is 24.4 Å². The van der Waals surface area contributed by atoms with Crippen molar-refractivity contribution in [2.45, 2.75) is 0 Å². The molecule has 0 unspecified atom stereocenters. The van der Waals surface area contributed by atoms with Crippen molar-refractivity contribution < 1.29 is 14.3 Å². The molecular weight excluding hydrogens is 244 g/mol. The highest BCUT2D eigenvalue weighted by Gasteiger charge is 2.20. The van der Waals surface area contributed by atoms with E-state index in [-0.39, 0.29) is 6.09 Å². The SMILES string of the molecule is O=C(Oc1cccc2c1C=CCO2)N1CCNCC1. The van der Waals surface area contributed by atoms with Crippen molar-refractivity contribution in [1.82, 2.24) is 10.2 Å². The summed E-state index contributed by atoms with van der Waals surface area (Å²) in [6, 6.07) is 5.50. The van der Waals surface area contributed by atoms with Crippen LogP contribution in [0.5, 0.6) is 11.5 Å². The van der Waals surface area contributed by atoms with Crippen LogP contribution in [0.15, 0.2) is 24.3 Å². The Kier molecular flexibility index (Phi) is 3.37. The van der Waals surface area contributed by atoms with Gasteiger partial charge in [-0.25, -0.2) is 4.79 Å². The molecule has 5 heteroatoms. The summed E-state index contributed by atoms with van der Waals surface area (Å²) in [6.07, 6.45) is 3.54. The summed E-state index contributed by atoms with van der Waals surface area (Å²) in [6.45, 7) is 3.54. The van der Waals surface area contributed by atoms with Gasteiger partial charge in [0.25, 0.3) is 0 Å². The number of rotatable bonds is 1. The Bertz CT molecular complexity index is 507. The molecule has 0 atom stereocenters. The van der Waals surface area contributed by atoms with E-state index in [4.69, 9.17) is 9.47 Å². The third kappa shape index (κ3) is 2.56. The standard InChI is InChI=1S/C14H16N2O3/c17-14(16-8-6-15-7-9-16)19-13-5-1-4-12-11(13)3-2-10-18-12/h1-5,15H,6-10H2. The highest BCUT2D eigenvalue weighted by Crippen LogP contribution is 2.32. The zero-order chi connectivity index (χ0) is 13.1. The fraction of sp³-hybridized carbons (Fsp3) is 0.357. The van der Waals surface area contributed by atoms with Crippen LogP contribution in [0.25, 0.3) is 6.08 Å². The molecule has 1 fully saturated rings. The van der Waals surface area contributed by atoms with E-state index in [9.17, 15) is 4.79 Å². The van der Waals surface area contributed by atoms with Crippen molar-refractivity contribution in [3.8, 4) is 11.5 Å². The zero-order valence-corrected chi connectivity index (χ0v) is 10.6. The molecule has 0 aliphatic carbocycles. The average Bonchev–Trinajstić information content (AvgIpc) is 2.48. The summed E-state index contributed by atoms with van der Waals surface area (Å²) < 4.78 is 11.0. The maximum atomic E-state index is 12.1. The molecule has 1 N–H and O–H groups in total. The number of nitrogens with zero attached hydrogens (tertiary/aromatic N) is 1. The van der Waals surface area contributed by atoms with Gasteiger partial charge in [0.2, 0.25) is 0 Å². The van der Waals surface area contributed by atoms with Gasteiger partial charge >= 0.3 is 6.09 Å². The second kappa shape index (κ2) is 5.32. The van der Waals surface area contributed by atoms with E-state index >= 15 is 0 Å². The van der Waals surface area contributed by atoms with Gasteiger partial charge < -0.3 is 19.7 Å². The lowest BCUT2D eigenvalue weighted by atomic mass is 10.1. The molecule has 0 saturated carbocycles. The highest BCUT2D eigenvalue weighted by atomic mass is 16.6. The Hall–Kier alpha value is -2.01. The van der Waals surface area contributed by atoms with Crippen molar-refractivity contribution >= 4 is 12.2 Å². The number of piperazine rings is 1. The summed E-state index contributed by atoms with van der Waals surface area (Å²) >= 11 is 0. The minimum atomic E-state index is -0.297. The number of benzene rings is 1. The number of carbonyl (C=O) groups excluding carboxylic acids is 1. The average molecular weight is 260 g/mol. The number of carbonyl (C=O) groups is 1. The second-order valence-corrected chi connectivity index (χ2v) is 4.49. The molecule has 2 heterocycles. The van der Waals surface area contributed by atoms with Gasteiger partial charge in [-0.05, 0) is 24.3 Å². The largest absolute Gasteiger partial charge is 0.489 e. The van der Waals surface area contributed by atoms with E-state index in [1.165, 1.54) is 0 Å². The summed E-state index contributed by atoms with van der Waals surface area (Å²) in [4.78, 5) is 13.8. The molecule has 2 aliphatic heterocycles. The number of amides is 1. The first-order valence-corrected chi connectivity index (χ1v) is 6.44. The summed E-state index contributed by atoms with van der Waals surface area (Å²) in [7, 11) is 0. The molecule has 1 aromatic rings. The van der Waals surface area contributed by atoms with Gasteiger partial charge in [-0.3, -0.25) is 0 Å². The molecule has 1 amide bonds. The van der Waals surface area contributed by atoms with Gasteiger partial charge in [0.1, 0.15) is 18.1 Å². The molecule has 3 rings (SSSR count). The highest BCUT2D eigenvalue weighted by molar-refractivity contribution is 5.75. The summed E-state index contributed by atoms with van der Waals surface area (Å²) in [5, 5.41) is 3.20. The molecule has 0 aromatic heterocycles. The van der Waals surface area contributed by atoms with E-state index in [1.807, 2.05) is 24.3 Å². The van der Waals surface area contributed by atoms with Crippen LogP contribution in [0.1, 0.15) is 5.56 Å². The van der Waals surface area contributed by atoms with Gasteiger partial charge in [0, 0.05) is 26.2 Å². The fourth-order valence-electron chi connectivity index (χ4n) is 2.21. The smallest absolute Gasteiger partial charge is 0.415 e. The third-order valence-corrected chi connectivity index (χ3v) is 3.22. The lowest BCUT2D eigenvalue weighted by molar-refractivity contribution is 0.145. The first kappa shape index (κ1) is 12.0. The van der Waals surface area contributed by atoms with Crippen molar-refractivity contribution in [1.29, 1.82) is 0 Å².